The zero-order valence-corrected chi connectivity index (χ0v) is 12.1. The third kappa shape index (κ3) is 4.12. The summed E-state index contributed by atoms with van der Waals surface area (Å²) in [7, 11) is 0. The number of likely N-dealkylation sites (tertiary alicyclic amines) is 1. The quantitative estimate of drug-likeness (QED) is 0.818. The normalized spacial score (nSPS) is 25.6. The van der Waals surface area contributed by atoms with Crippen LogP contribution < -0.4 is 5.32 Å². The summed E-state index contributed by atoms with van der Waals surface area (Å²) < 4.78 is 0. The van der Waals surface area contributed by atoms with Crippen molar-refractivity contribution in [2.75, 3.05) is 6.54 Å². The highest BCUT2D eigenvalue weighted by atomic mass is 16.4. The topological polar surface area (TPSA) is 69.6 Å². The highest BCUT2D eigenvalue weighted by Gasteiger charge is 2.32. The number of carbonyl (C=O) groups is 2. The number of carbonyl (C=O) groups excluding carboxylic acids is 1. The van der Waals surface area contributed by atoms with E-state index in [2.05, 4.69) is 5.32 Å². The van der Waals surface area contributed by atoms with Crippen LogP contribution in [0.3, 0.4) is 0 Å². The molecule has 0 bridgehead atoms. The summed E-state index contributed by atoms with van der Waals surface area (Å²) in [4.78, 5) is 25.1. The van der Waals surface area contributed by atoms with E-state index in [0.29, 0.717) is 13.0 Å². The fourth-order valence-corrected chi connectivity index (χ4v) is 3.29. The summed E-state index contributed by atoms with van der Waals surface area (Å²) >= 11 is 0. The molecule has 2 fully saturated rings. The molecule has 0 aromatic rings. The van der Waals surface area contributed by atoms with Gasteiger partial charge in [-0.25, -0.2) is 9.59 Å². The molecule has 20 heavy (non-hydrogen) atoms. The lowest BCUT2D eigenvalue weighted by molar-refractivity contribution is -0.143. The van der Waals surface area contributed by atoms with Crippen molar-refractivity contribution in [3.05, 3.63) is 0 Å². The van der Waals surface area contributed by atoms with Crippen molar-refractivity contribution in [2.45, 2.75) is 76.3 Å². The van der Waals surface area contributed by atoms with Crippen LogP contribution in [0.25, 0.3) is 0 Å². The van der Waals surface area contributed by atoms with E-state index < -0.39 is 12.0 Å². The number of hydrogen-bond donors (Lipinski definition) is 2. The van der Waals surface area contributed by atoms with Gasteiger partial charge in [0.05, 0.1) is 0 Å². The molecule has 5 nitrogen and oxygen atoms in total. The maximum atomic E-state index is 12.3. The number of nitrogens with zero attached hydrogens (tertiary/aromatic N) is 1. The van der Waals surface area contributed by atoms with Crippen LogP contribution in [-0.4, -0.2) is 40.6 Å². The molecule has 1 aliphatic heterocycles. The molecule has 0 radical (unpaired) electrons. The molecule has 2 aliphatic rings. The summed E-state index contributed by atoms with van der Waals surface area (Å²) in [5.74, 6) is -0.877. The van der Waals surface area contributed by atoms with Gasteiger partial charge in [-0.1, -0.05) is 32.1 Å². The molecule has 1 heterocycles. The maximum absolute atomic E-state index is 12.3. The number of nitrogens with one attached hydrogen (secondary N) is 1. The van der Waals surface area contributed by atoms with Crippen LogP contribution in [0.15, 0.2) is 0 Å². The number of aliphatic carboxylic acids is 1. The summed E-state index contributed by atoms with van der Waals surface area (Å²) in [6, 6.07) is -0.598. The second kappa shape index (κ2) is 7.50. The van der Waals surface area contributed by atoms with E-state index in [1.807, 2.05) is 0 Å². The first-order valence-electron chi connectivity index (χ1n) is 7.98. The average molecular weight is 282 g/mol. The van der Waals surface area contributed by atoms with E-state index in [1.165, 1.54) is 24.2 Å². The molecule has 1 atom stereocenters. The van der Waals surface area contributed by atoms with E-state index in [9.17, 15) is 14.7 Å². The lowest BCUT2D eigenvalue weighted by atomic mass is 9.96. The summed E-state index contributed by atoms with van der Waals surface area (Å²) in [6.45, 7) is 0.565. The van der Waals surface area contributed by atoms with E-state index in [4.69, 9.17) is 0 Å². The molecule has 0 aromatic carbocycles. The van der Waals surface area contributed by atoms with Gasteiger partial charge >= 0.3 is 12.0 Å². The van der Waals surface area contributed by atoms with Crippen molar-refractivity contribution in [1.29, 1.82) is 0 Å². The second-order valence-corrected chi connectivity index (χ2v) is 6.03. The Morgan fingerprint density at radius 2 is 1.50 bits per heavy atom. The van der Waals surface area contributed by atoms with Crippen LogP contribution in [0.4, 0.5) is 4.79 Å². The van der Waals surface area contributed by atoms with Crippen LogP contribution in [-0.2, 0) is 4.79 Å². The first-order valence-corrected chi connectivity index (χ1v) is 7.98. The van der Waals surface area contributed by atoms with Gasteiger partial charge in [-0.3, -0.25) is 0 Å². The van der Waals surface area contributed by atoms with E-state index in [1.54, 1.807) is 0 Å². The molecule has 114 valence electrons. The van der Waals surface area contributed by atoms with Crippen LogP contribution in [0, 0.1) is 0 Å². The van der Waals surface area contributed by atoms with Crippen LogP contribution in [0.2, 0.25) is 0 Å². The number of carboxylic acids is 1. The molecule has 1 aliphatic carbocycles. The fourth-order valence-electron chi connectivity index (χ4n) is 3.29. The average Bonchev–Trinajstić information content (AvgIpc) is 2.41. The van der Waals surface area contributed by atoms with Crippen LogP contribution >= 0.6 is 0 Å². The number of hydrogen-bond acceptors (Lipinski definition) is 2. The van der Waals surface area contributed by atoms with Crippen molar-refractivity contribution >= 4 is 12.0 Å². The molecule has 2 rings (SSSR count). The number of carboxylic acid groups (broad SMARTS) is 1. The SMILES string of the molecule is O=C(O)C1CCCCN1C(=O)NC1CCCCCCC1. The number of amides is 2. The van der Waals surface area contributed by atoms with Gasteiger partial charge in [0.2, 0.25) is 0 Å². The predicted octanol–water partition coefficient (Wildman–Crippen LogP) is 2.75. The molecule has 5 heteroatoms. The van der Waals surface area contributed by atoms with E-state index in [0.717, 1.165) is 38.5 Å². The molecule has 2 N–H and O–H groups in total. The van der Waals surface area contributed by atoms with Crippen LogP contribution in [0.1, 0.15) is 64.2 Å². The predicted molar refractivity (Wildman–Crippen MR) is 76.6 cm³/mol. The van der Waals surface area contributed by atoms with Crippen molar-refractivity contribution in [1.82, 2.24) is 10.2 Å². The number of piperidine rings is 1. The molecule has 1 unspecified atom stereocenters. The maximum Gasteiger partial charge on any atom is 0.326 e. The molecule has 2 amide bonds. The van der Waals surface area contributed by atoms with Crippen molar-refractivity contribution in [3.63, 3.8) is 0 Å². The monoisotopic (exact) mass is 282 g/mol. The van der Waals surface area contributed by atoms with Gasteiger partial charge in [0, 0.05) is 12.6 Å². The van der Waals surface area contributed by atoms with Gasteiger partial charge in [0.15, 0.2) is 0 Å². The van der Waals surface area contributed by atoms with Crippen LogP contribution in [0.5, 0.6) is 0 Å². The Balaban J connectivity index is 1.89. The zero-order chi connectivity index (χ0) is 14.4. The third-order valence-corrected chi connectivity index (χ3v) is 4.48. The second-order valence-electron chi connectivity index (χ2n) is 6.03. The highest BCUT2D eigenvalue weighted by molar-refractivity contribution is 5.83. The standard InChI is InChI=1S/C15H26N2O3/c18-14(19)13-10-6-7-11-17(13)15(20)16-12-8-4-2-1-3-5-9-12/h12-13H,1-11H2,(H,16,20)(H,18,19). The van der Waals surface area contributed by atoms with Crippen molar-refractivity contribution in [2.24, 2.45) is 0 Å². The van der Waals surface area contributed by atoms with Gasteiger partial charge in [0.1, 0.15) is 6.04 Å². The Morgan fingerprint density at radius 3 is 2.15 bits per heavy atom. The third-order valence-electron chi connectivity index (χ3n) is 4.48. The van der Waals surface area contributed by atoms with Gasteiger partial charge in [-0.2, -0.15) is 0 Å². The number of urea groups is 1. The molecule has 0 spiro atoms. The minimum Gasteiger partial charge on any atom is -0.480 e. The van der Waals surface area contributed by atoms with Crippen molar-refractivity contribution < 1.29 is 14.7 Å². The fraction of sp³-hybridized carbons (Fsp3) is 0.867. The molecular formula is C15H26N2O3. The van der Waals surface area contributed by atoms with Gasteiger partial charge in [-0.05, 0) is 32.1 Å². The summed E-state index contributed by atoms with van der Waals surface area (Å²) in [5.41, 5.74) is 0. The Bertz CT molecular complexity index is 338. The lowest BCUT2D eigenvalue weighted by Crippen LogP contribution is -2.53. The number of rotatable bonds is 2. The first-order chi connectivity index (χ1) is 9.68. The van der Waals surface area contributed by atoms with Gasteiger partial charge < -0.3 is 15.3 Å². The van der Waals surface area contributed by atoms with Crippen molar-refractivity contribution in [3.8, 4) is 0 Å². The lowest BCUT2D eigenvalue weighted by Gasteiger charge is -2.34. The Morgan fingerprint density at radius 1 is 0.900 bits per heavy atom. The molecule has 1 saturated carbocycles. The first kappa shape index (κ1) is 15.1. The zero-order valence-electron chi connectivity index (χ0n) is 12.1. The molecular weight excluding hydrogens is 256 g/mol. The highest BCUT2D eigenvalue weighted by Crippen LogP contribution is 2.20. The Hall–Kier alpha value is -1.26. The Kier molecular flexibility index (Phi) is 5.68. The Labute approximate surface area is 120 Å². The van der Waals surface area contributed by atoms with Gasteiger partial charge in [-0.15, -0.1) is 0 Å². The van der Waals surface area contributed by atoms with Gasteiger partial charge in [0.25, 0.3) is 0 Å². The van der Waals surface area contributed by atoms with E-state index >= 15 is 0 Å². The summed E-state index contributed by atoms with van der Waals surface area (Å²) in [5, 5.41) is 12.3. The minimum atomic E-state index is -0.877. The summed E-state index contributed by atoms with van der Waals surface area (Å²) in [6.07, 6.45) is 10.5. The smallest absolute Gasteiger partial charge is 0.326 e. The minimum absolute atomic E-state index is 0.178. The largest absolute Gasteiger partial charge is 0.480 e. The molecule has 1 saturated heterocycles. The molecule has 0 aromatic heterocycles. The van der Waals surface area contributed by atoms with E-state index in [-0.39, 0.29) is 12.1 Å².